The van der Waals surface area contributed by atoms with Crippen molar-refractivity contribution < 1.29 is 4.79 Å². The van der Waals surface area contributed by atoms with Crippen molar-refractivity contribution in [1.29, 1.82) is 0 Å². The van der Waals surface area contributed by atoms with Crippen molar-refractivity contribution in [2.45, 2.75) is 64.2 Å². The van der Waals surface area contributed by atoms with Crippen LogP contribution >= 0.6 is 11.8 Å². The number of carbonyl (C=O) groups is 1. The van der Waals surface area contributed by atoms with Gasteiger partial charge < -0.3 is 4.90 Å². The lowest BCUT2D eigenvalue weighted by Gasteiger charge is -2.39. The van der Waals surface area contributed by atoms with Crippen LogP contribution in [-0.2, 0) is 4.79 Å². The van der Waals surface area contributed by atoms with Gasteiger partial charge in [0.2, 0.25) is 11.1 Å². The van der Waals surface area contributed by atoms with E-state index in [1.807, 2.05) is 24.8 Å². The molecule has 0 N–H and O–H groups in total. The number of thioether (sulfide) groups is 1. The maximum Gasteiger partial charge on any atom is 0.253 e. The summed E-state index contributed by atoms with van der Waals surface area (Å²) in [6.45, 7) is 8.19. The first kappa shape index (κ1) is 16.2. The maximum absolute atomic E-state index is 12.6. The minimum absolute atomic E-state index is 0.175. The molecular weight excluding hydrogens is 310 g/mol. The molecule has 2 aromatic heterocycles. The topological polar surface area (TPSA) is 63.4 Å². The molecule has 3 heterocycles. The minimum atomic E-state index is 0.175. The number of hydrogen-bond acceptors (Lipinski definition) is 5. The van der Waals surface area contributed by atoms with Crippen molar-refractivity contribution in [2.75, 3.05) is 5.75 Å². The molecule has 0 aromatic carbocycles. The van der Waals surface area contributed by atoms with E-state index in [1.165, 1.54) is 18.2 Å². The number of amides is 1. The highest BCUT2D eigenvalue weighted by molar-refractivity contribution is 7.99. The van der Waals surface area contributed by atoms with E-state index >= 15 is 0 Å². The molecular formula is C16H23N5OS. The molecule has 6 nitrogen and oxygen atoms in total. The van der Waals surface area contributed by atoms with Gasteiger partial charge in [-0.3, -0.25) is 4.79 Å². The Bertz CT molecular complexity index is 719. The normalized spacial score (nSPS) is 21.8. The SMILES string of the molecule is Cc1cc(C)n2nc(SCC(=O)N3[C@H](C)CCC[C@H]3C)nc2n1. The Labute approximate surface area is 140 Å². The van der Waals surface area contributed by atoms with Crippen LogP contribution in [0.25, 0.3) is 5.78 Å². The minimum Gasteiger partial charge on any atom is -0.337 e. The van der Waals surface area contributed by atoms with E-state index in [0.29, 0.717) is 28.8 Å². The molecule has 0 spiro atoms. The number of carbonyl (C=O) groups excluding carboxylic acids is 1. The molecule has 124 valence electrons. The summed E-state index contributed by atoms with van der Waals surface area (Å²) in [4.78, 5) is 23.4. The number of fused-ring (bicyclic) bond motifs is 1. The number of likely N-dealkylation sites (tertiary alicyclic amines) is 1. The molecule has 0 radical (unpaired) electrons. The Balaban J connectivity index is 1.70. The standard InChI is InChI=1S/C16H23N5OS/c1-10-8-13(4)21-15(17-10)18-16(19-21)23-9-14(22)20-11(2)6-5-7-12(20)3/h8,11-12H,5-7,9H2,1-4H3/t11-,12-/m1/s1. The van der Waals surface area contributed by atoms with Crippen molar-refractivity contribution in [3.05, 3.63) is 17.5 Å². The van der Waals surface area contributed by atoms with Crippen LogP contribution in [-0.4, -0.2) is 48.2 Å². The fourth-order valence-electron chi connectivity index (χ4n) is 3.32. The first-order chi connectivity index (χ1) is 11.0. The summed E-state index contributed by atoms with van der Waals surface area (Å²) in [6, 6.07) is 2.62. The fourth-order valence-corrected chi connectivity index (χ4v) is 4.01. The van der Waals surface area contributed by atoms with Crippen LogP contribution in [0.5, 0.6) is 0 Å². The Kier molecular flexibility index (Phi) is 4.57. The van der Waals surface area contributed by atoms with E-state index in [1.54, 1.807) is 4.52 Å². The van der Waals surface area contributed by atoms with Crippen LogP contribution in [0.2, 0.25) is 0 Å². The summed E-state index contributed by atoms with van der Waals surface area (Å²) in [5.74, 6) is 1.15. The van der Waals surface area contributed by atoms with Gasteiger partial charge in [-0.05, 0) is 53.0 Å². The molecule has 7 heteroatoms. The zero-order chi connectivity index (χ0) is 16.6. The number of piperidine rings is 1. The first-order valence-corrected chi connectivity index (χ1v) is 9.09. The Morgan fingerprint density at radius 2 is 1.96 bits per heavy atom. The second kappa shape index (κ2) is 6.47. The van der Waals surface area contributed by atoms with Gasteiger partial charge in [0.1, 0.15) is 0 Å². The van der Waals surface area contributed by atoms with Gasteiger partial charge in [-0.25, -0.2) is 9.50 Å². The molecule has 2 atom stereocenters. The Morgan fingerprint density at radius 3 is 2.65 bits per heavy atom. The van der Waals surface area contributed by atoms with Gasteiger partial charge in [-0.1, -0.05) is 11.8 Å². The molecule has 1 aliphatic rings. The molecule has 3 rings (SSSR count). The summed E-state index contributed by atoms with van der Waals surface area (Å²) < 4.78 is 1.73. The number of nitrogens with zero attached hydrogens (tertiary/aromatic N) is 5. The molecule has 0 aliphatic carbocycles. The van der Waals surface area contributed by atoms with Gasteiger partial charge >= 0.3 is 0 Å². The van der Waals surface area contributed by atoms with E-state index < -0.39 is 0 Å². The highest BCUT2D eigenvalue weighted by Gasteiger charge is 2.28. The van der Waals surface area contributed by atoms with Crippen LogP contribution in [0, 0.1) is 13.8 Å². The third-order valence-electron chi connectivity index (χ3n) is 4.41. The monoisotopic (exact) mass is 333 g/mol. The Hall–Kier alpha value is -1.63. The lowest BCUT2D eigenvalue weighted by Crippen LogP contribution is -2.48. The lowest BCUT2D eigenvalue weighted by atomic mass is 9.98. The molecule has 23 heavy (non-hydrogen) atoms. The van der Waals surface area contributed by atoms with Crippen molar-refractivity contribution >= 4 is 23.4 Å². The number of aromatic nitrogens is 4. The van der Waals surface area contributed by atoms with Crippen LogP contribution in [0.1, 0.15) is 44.5 Å². The zero-order valence-electron chi connectivity index (χ0n) is 14.1. The number of rotatable bonds is 3. The quantitative estimate of drug-likeness (QED) is 0.808. The Morgan fingerprint density at radius 1 is 1.26 bits per heavy atom. The van der Waals surface area contributed by atoms with E-state index in [2.05, 4.69) is 28.9 Å². The van der Waals surface area contributed by atoms with Gasteiger partial charge in [0.25, 0.3) is 5.78 Å². The lowest BCUT2D eigenvalue weighted by molar-refractivity contribution is -0.134. The summed E-state index contributed by atoms with van der Waals surface area (Å²) >= 11 is 1.39. The van der Waals surface area contributed by atoms with Gasteiger partial charge in [0.15, 0.2) is 0 Å². The average Bonchev–Trinajstić information content (AvgIpc) is 2.88. The third kappa shape index (κ3) is 3.34. The maximum atomic E-state index is 12.6. The van der Waals surface area contributed by atoms with Gasteiger partial charge in [-0.15, -0.1) is 5.10 Å². The molecule has 0 unspecified atom stereocenters. The smallest absolute Gasteiger partial charge is 0.253 e. The third-order valence-corrected chi connectivity index (χ3v) is 5.23. The second-order valence-corrected chi connectivity index (χ2v) is 7.31. The zero-order valence-corrected chi connectivity index (χ0v) is 14.9. The van der Waals surface area contributed by atoms with Crippen molar-refractivity contribution in [3.63, 3.8) is 0 Å². The number of aryl methyl sites for hydroxylation is 2. The van der Waals surface area contributed by atoms with Crippen LogP contribution in [0.4, 0.5) is 0 Å². The first-order valence-electron chi connectivity index (χ1n) is 8.10. The van der Waals surface area contributed by atoms with Crippen molar-refractivity contribution in [3.8, 4) is 0 Å². The summed E-state index contributed by atoms with van der Waals surface area (Å²) in [7, 11) is 0. The largest absolute Gasteiger partial charge is 0.337 e. The van der Waals surface area contributed by atoms with Crippen LogP contribution < -0.4 is 0 Å². The van der Waals surface area contributed by atoms with E-state index in [4.69, 9.17) is 0 Å². The molecule has 0 bridgehead atoms. The van der Waals surface area contributed by atoms with Gasteiger partial charge in [0.05, 0.1) is 5.75 Å². The summed E-state index contributed by atoms with van der Waals surface area (Å²) in [5.41, 5.74) is 1.92. The summed E-state index contributed by atoms with van der Waals surface area (Å²) in [6.07, 6.45) is 3.39. The highest BCUT2D eigenvalue weighted by Crippen LogP contribution is 2.24. The van der Waals surface area contributed by atoms with Crippen LogP contribution in [0.15, 0.2) is 11.2 Å². The molecule has 1 amide bonds. The molecule has 1 saturated heterocycles. The average molecular weight is 333 g/mol. The molecule has 1 aliphatic heterocycles. The molecule has 1 fully saturated rings. The van der Waals surface area contributed by atoms with Gasteiger partial charge in [0, 0.05) is 23.5 Å². The predicted molar refractivity (Wildman–Crippen MR) is 90.6 cm³/mol. The van der Waals surface area contributed by atoms with Crippen LogP contribution in [0.3, 0.4) is 0 Å². The summed E-state index contributed by atoms with van der Waals surface area (Å²) in [5, 5.41) is 5.05. The van der Waals surface area contributed by atoms with Crippen molar-refractivity contribution in [1.82, 2.24) is 24.5 Å². The van der Waals surface area contributed by atoms with E-state index in [9.17, 15) is 4.79 Å². The van der Waals surface area contributed by atoms with Gasteiger partial charge in [-0.2, -0.15) is 4.98 Å². The molecule has 2 aromatic rings. The fraction of sp³-hybridized carbons (Fsp3) is 0.625. The van der Waals surface area contributed by atoms with E-state index in [-0.39, 0.29) is 5.91 Å². The van der Waals surface area contributed by atoms with E-state index in [0.717, 1.165) is 24.2 Å². The van der Waals surface area contributed by atoms with Crippen molar-refractivity contribution in [2.24, 2.45) is 0 Å². The highest BCUT2D eigenvalue weighted by atomic mass is 32.2. The predicted octanol–water partition coefficient (Wildman–Crippen LogP) is 2.62. The number of hydrogen-bond donors (Lipinski definition) is 0. The molecule has 0 saturated carbocycles. The second-order valence-electron chi connectivity index (χ2n) is 6.36.